The Morgan fingerprint density at radius 1 is 1.54 bits per heavy atom. The van der Waals surface area contributed by atoms with Crippen molar-refractivity contribution in [2.24, 2.45) is 5.73 Å². The Balaban J connectivity index is 2.88. The molecule has 2 nitrogen and oxygen atoms in total. The third-order valence-electron chi connectivity index (χ3n) is 2.07. The second-order valence-corrected chi connectivity index (χ2v) is 3.12. The minimum atomic E-state index is -0.252. The summed E-state index contributed by atoms with van der Waals surface area (Å²) in [4.78, 5) is 0. The zero-order valence-electron chi connectivity index (χ0n) is 7.63. The number of aliphatic hydroxyl groups excluding tert-OH is 1. The Kier molecular flexibility index (Phi) is 3.39. The van der Waals surface area contributed by atoms with Crippen molar-refractivity contribution in [1.29, 1.82) is 0 Å². The van der Waals surface area contributed by atoms with E-state index < -0.39 is 0 Å². The maximum atomic E-state index is 12.7. The molecule has 0 radical (unpaired) electrons. The third kappa shape index (κ3) is 2.50. The van der Waals surface area contributed by atoms with Gasteiger partial charge in [0.15, 0.2) is 0 Å². The lowest BCUT2D eigenvalue weighted by atomic mass is 10.00. The second kappa shape index (κ2) is 4.35. The molecule has 0 aliphatic rings. The van der Waals surface area contributed by atoms with Crippen LogP contribution in [0.15, 0.2) is 18.2 Å². The summed E-state index contributed by atoms with van der Waals surface area (Å²) in [6, 6.07) is 4.31. The predicted octanol–water partition coefficient (Wildman–Crippen LogP) is 1.52. The molecule has 1 rings (SSSR count). The van der Waals surface area contributed by atoms with Crippen LogP contribution < -0.4 is 5.73 Å². The molecule has 0 aliphatic heterocycles. The minimum Gasteiger partial charge on any atom is -0.396 e. The molecular formula is C10H14FNO. The van der Waals surface area contributed by atoms with Gasteiger partial charge < -0.3 is 10.8 Å². The average Bonchev–Trinajstić information content (AvgIpc) is 2.04. The molecule has 0 aliphatic carbocycles. The van der Waals surface area contributed by atoms with Crippen molar-refractivity contribution in [3.63, 3.8) is 0 Å². The maximum absolute atomic E-state index is 12.7. The molecule has 3 heteroatoms. The Morgan fingerprint density at radius 2 is 2.23 bits per heavy atom. The molecule has 0 heterocycles. The summed E-state index contributed by atoms with van der Waals surface area (Å²) in [5, 5.41) is 8.69. The van der Waals surface area contributed by atoms with E-state index in [0.29, 0.717) is 6.42 Å². The Morgan fingerprint density at radius 3 is 2.77 bits per heavy atom. The first kappa shape index (κ1) is 10.2. The highest BCUT2D eigenvalue weighted by Gasteiger charge is 2.08. The quantitative estimate of drug-likeness (QED) is 0.746. The van der Waals surface area contributed by atoms with Gasteiger partial charge in [0.1, 0.15) is 5.82 Å². The summed E-state index contributed by atoms with van der Waals surface area (Å²) >= 11 is 0. The summed E-state index contributed by atoms with van der Waals surface area (Å²) in [6.07, 6.45) is 0.506. The highest BCUT2D eigenvalue weighted by molar-refractivity contribution is 5.29. The number of aliphatic hydroxyl groups is 1. The summed E-state index contributed by atoms with van der Waals surface area (Å²) in [5.41, 5.74) is 7.51. The van der Waals surface area contributed by atoms with Gasteiger partial charge in [0.05, 0.1) is 0 Å². The first-order valence-electron chi connectivity index (χ1n) is 4.27. The summed E-state index contributed by atoms with van der Waals surface area (Å²) in [5.74, 6) is -0.252. The van der Waals surface area contributed by atoms with Crippen molar-refractivity contribution in [3.05, 3.63) is 35.1 Å². The van der Waals surface area contributed by atoms with Crippen molar-refractivity contribution in [1.82, 2.24) is 0 Å². The SMILES string of the molecule is Cc1cc(F)ccc1[C@H](N)CCO. The molecule has 72 valence electrons. The number of hydrogen-bond donors (Lipinski definition) is 2. The number of halogens is 1. The second-order valence-electron chi connectivity index (χ2n) is 3.12. The molecule has 0 unspecified atom stereocenters. The average molecular weight is 183 g/mol. The summed E-state index contributed by atoms with van der Waals surface area (Å²) < 4.78 is 12.7. The van der Waals surface area contributed by atoms with Crippen LogP contribution in [-0.2, 0) is 0 Å². The maximum Gasteiger partial charge on any atom is 0.123 e. The van der Waals surface area contributed by atoms with Crippen molar-refractivity contribution in [2.75, 3.05) is 6.61 Å². The molecule has 0 saturated heterocycles. The van der Waals surface area contributed by atoms with Crippen molar-refractivity contribution in [2.45, 2.75) is 19.4 Å². The normalized spacial score (nSPS) is 12.9. The molecule has 0 fully saturated rings. The zero-order valence-corrected chi connectivity index (χ0v) is 7.63. The smallest absolute Gasteiger partial charge is 0.123 e. The van der Waals surface area contributed by atoms with Crippen LogP contribution in [0.5, 0.6) is 0 Å². The van der Waals surface area contributed by atoms with Crippen LogP contribution in [0, 0.1) is 12.7 Å². The van der Waals surface area contributed by atoms with Gasteiger partial charge in [-0.25, -0.2) is 4.39 Å². The van der Waals surface area contributed by atoms with E-state index in [4.69, 9.17) is 10.8 Å². The highest BCUT2D eigenvalue weighted by atomic mass is 19.1. The van der Waals surface area contributed by atoms with Gasteiger partial charge in [0, 0.05) is 12.6 Å². The van der Waals surface area contributed by atoms with E-state index in [1.54, 1.807) is 6.07 Å². The number of aryl methyl sites for hydroxylation is 1. The van der Waals surface area contributed by atoms with Gasteiger partial charge in [-0.2, -0.15) is 0 Å². The van der Waals surface area contributed by atoms with Crippen LogP contribution in [0.3, 0.4) is 0 Å². The standard InChI is InChI=1S/C10H14FNO/c1-7-6-8(11)2-3-9(7)10(12)4-5-13/h2-3,6,10,13H,4-5,12H2,1H3/t10-/m1/s1. The van der Waals surface area contributed by atoms with Gasteiger partial charge in [0.2, 0.25) is 0 Å². The van der Waals surface area contributed by atoms with Crippen LogP contribution >= 0.6 is 0 Å². The van der Waals surface area contributed by atoms with E-state index in [-0.39, 0.29) is 18.5 Å². The van der Waals surface area contributed by atoms with E-state index in [1.807, 2.05) is 6.92 Å². The monoisotopic (exact) mass is 183 g/mol. The molecule has 1 aromatic rings. The van der Waals surface area contributed by atoms with Crippen LogP contribution in [0.1, 0.15) is 23.6 Å². The lowest BCUT2D eigenvalue weighted by molar-refractivity contribution is 0.276. The lowest BCUT2D eigenvalue weighted by Gasteiger charge is -2.13. The number of nitrogens with two attached hydrogens (primary N) is 1. The largest absolute Gasteiger partial charge is 0.396 e. The van der Waals surface area contributed by atoms with Crippen LogP contribution in [0.25, 0.3) is 0 Å². The fourth-order valence-electron chi connectivity index (χ4n) is 1.35. The number of benzene rings is 1. The van der Waals surface area contributed by atoms with Gasteiger partial charge in [-0.3, -0.25) is 0 Å². The highest BCUT2D eigenvalue weighted by Crippen LogP contribution is 2.18. The zero-order chi connectivity index (χ0) is 9.84. The third-order valence-corrected chi connectivity index (χ3v) is 2.07. The molecule has 1 atom stereocenters. The van der Waals surface area contributed by atoms with Gasteiger partial charge in [0.25, 0.3) is 0 Å². The van der Waals surface area contributed by atoms with Gasteiger partial charge >= 0.3 is 0 Å². The van der Waals surface area contributed by atoms with E-state index in [0.717, 1.165) is 11.1 Å². The summed E-state index contributed by atoms with van der Waals surface area (Å²) in [6.45, 7) is 1.87. The molecule has 3 N–H and O–H groups in total. The van der Waals surface area contributed by atoms with E-state index >= 15 is 0 Å². The van der Waals surface area contributed by atoms with Gasteiger partial charge in [-0.15, -0.1) is 0 Å². The number of rotatable bonds is 3. The lowest BCUT2D eigenvalue weighted by Crippen LogP contribution is -2.13. The van der Waals surface area contributed by atoms with Crippen molar-refractivity contribution >= 4 is 0 Å². The topological polar surface area (TPSA) is 46.2 Å². The van der Waals surface area contributed by atoms with E-state index in [1.165, 1.54) is 12.1 Å². The number of hydrogen-bond acceptors (Lipinski definition) is 2. The molecule has 0 aromatic heterocycles. The van der Waals surface area contributed by atoms with Gasteiger partial charge in [-0.1, -0.05) is 6.07 Å². The van der Waals surface area contributed by atoms with Crippen molar-refractivity contribution in [3.8, 4) is 0 Å². The molecule has 1 aromatic carbocycles. The molecule has 0 spiro atoms. The Labute approximate surface area is 77.2 Å². The van der Waals surface area contributed by atoms with Crippen LogP contribution in [0.4, 0.5) is 4.39 Å². The minimum absolute atomic E-state index is 0.0536. The fraction of sp³-hybridized carbons (Fsp3) is 0.400. The molecule has 0 bridgehead atoms. The molecular weight excluding hydrogens is 169 g/mol. The molecule has 0 saturated carbocycles. The van der Waals surface area contributed by atoms with E-state index in [9.17, 15) is 4.39 Å². The Hall–Kier alpha value is -0.930. The van der Waals surface area contributed by atoms with Crippen LogP contribution in [-0.4, -0.2) is 11.7 Å². The molecule has 13 heavy (non-hydrogen) atoms. The first-order chi connectivity index (χ1) is 6.15. The fourth-order valence-corrected chi connectivity index (χ4v) is 1.35. The molecule has 0 amide bonds. The predicted molar refractivity (Wildman–Crippen MR) is 49.8 cm³/mol. The Bertz CT molecular complexity index is 288. The van der Waals surface area contributed by atoms with Crippen LogP contribution in [0.2, 0.25) is 0 Å². The van der Waals surface area contributed by atoms with Gasteiger partial charge in [-0.05, 0) is 36.6 Å². The van der Waals surface area contributed by atoms with E-state index in [2.05, 4.69) is 0 Å². The summed E-state index contributed by atoms with van der Waals surface area (Å²) in [7, 11) is 0. The first-order valence-corrected chi connectivity index (χ1v) is 4.27. The van der Waals surface area contributed by atoms with Crippen molar-refractivity contribution < 1.29 is 9.50 Å².